The molecular formula is C14H16N2O. The molecule has 1 saturated carbocycles. The molecule has 0 atom stereocenters. The quantitative estimate of drug-likeness (QED) is 0.868. The maximum absolute atomic E-state index is 9.37. The average molecular weight is 228 g/mol. The Kier molecular flexibility index (Phi) is 2.48. The standard InChI is InChI=1S/C14H16N2O/c17-11-14(6-7-14)13-8-15-16(10-13)9-12-4-2-1-3-5-12/h1-5,8,10,17H,6-7,9,11H2. The third-order valence-corrected chi connectivity index (χ3v) is 3.59. The van der Waals surface area contributed by atoms with Crippen molar-refractivity contribution >= 4 is 0 Å². The van der Waals surface area contributed by atoms with Gasteiger partial charge >= 0.3 is 0 Å². The van der Waals surface area contributed by atoms with Gasteiger partial charge in [0.2, 0.25) is 0 Å². The molecule has 1 N–H and O–H groups in total. The molecule has 1 aromatic heterocycles. The van der Waals surface area contributed by atoms with Crippen molar-refractivity contribution in [2.75, 3.05) is 6.61 Å². The molecule has 3 nitrogen and oxygen atoms in total. The predicted octanol–water partition coefficient (Wildman–Crippen LogP) is 1.96. The average Bonchev–Trinajstić information content (AvgIpc) is 3.05. The van der Waals surface area contributed by atoms with Crippen LogP contribution in [0.15, 0.2) is 42.7 Å². The number of hydrogen-bond acceptors (Lipinski definition) is 2. The molecular weight excluding hydrogens is 212 g/mol. The van der Waals surface area contributed by atoms with Gasteiger partial charge in [0.15, 0.2) is 0 Å². The predicted molar refractivity (Wildman–Crippen MR) is 65.8 cm³/mol. The second-order valence-electron chi connectivity index (χ2n) is 4.85. The lowest BCUT2D eigenvalue weighted by Gasteiger charge is -2.07. The summed E-state index contributed by atoms with van der Waals surface area (Å²) in [7, 11) is 0. The largest absolute Gasteiger partial charge is 0.395 e. The van der Waals surface area contributed by atoms with Crippen LogP contribution >= 0.6 is 0 Å². The zero-order valence-electron chi connectivity index (χ0n) is 9.71. The highest BCUT2D eigenvalue weighted by Crippen LogP contribution is 2.47. The lowest BCUT2D eigenvalue weighted by Crippen LogP contribution is -2.10. The van der Waals surface area contributed by atoms with E-state index in [1.807, 2.05) is 29.1 Å². The van der Waals surface area contributed by atoms with Crippen LogP contribution in [-0.4, -0.2) is 21.5 Å². The van der Waals surface area contributed by atoms with Crippen molar-refractivity contribution in [1.29, 1.82) is 0 Å². The molecule has 3 heteroatoms. The van der Waals surface area contributed by atoms with Crippen LogP contribution in [0.4, 0.5) is 0 Å². The van der Waals surface area contributed by atoms with Crippen molar-refractivity contribution in [3.63, 3.8) is 0 Å². The number of aromatic nitrogens is 2. The van der Waals surface area contributed by atoms with E-state index in [0.717, 1.165) is 19.4 Å². The molecule has 1 heterocycles. The molecule has 88 valence electrons. The Balaban J connectivity index is 1.77. The van der Waals surface area contributed by atoms with Crippen LogP contribution in [0.5, 0.6) is 0 Å². The van der Waals surface area contributed by atoms with Crippen molar-refractivity contribution in [1.82, 2.24) is 9.78 Å². The summed E-state index contributed by atoms with van der Waals surface area (Å²) in [5.41, 5.74) is 2.45. The molecule has 2 aromatic rings. The fraction of sp³-hybridized carbons (Fsp3) is 0.357. The van der Waals surface area contributed by atoms with E-state index in [2.05, 4.69) is 23.4 Å². The van der Waals surface area contributed by atoms with E-state index in [1.54, 1.807) is 0 Å². The van der Waals surface area contributed by atoms with Crippen LogP contribution in [0.1, 0.15) is 24.0 Å². The number of nitrogens with zero attached hydrogens (tertiary/aromatic N) is 2. The molecule has 0 bridgehead atoms. The number of benzene rings is 1. The molecule has 0 unspecified atom stereocenters. The summed E-state index contributed by atoms with van der Waals surface area (Å²) < 4.78 is 1.94. The third kappa shape index (κ3) is 1.98. The molecule has 0 spiro atoms. The molecule has 3 rings (SSSR count). The highest BCUT2D eigenvalue weighted by molar-refractivity contribution is 5.27. The Hall–Kier alpha value is -1.61. The van der Waals surface area contributed by atoms with Crippen molar-refractivity contribution in [2.24, 2.45) is 0 Å². The molecule has 0 saturated heterocycles. The van der Waals surface area contributed by atoms with Gasteiger partial charge in [0, 0.05) is 11.6 Å². The van der Waals surface area contributed by atoms with Crippen LogP contribution in [0.2, 0.25) is 0 Å². The van der Waals surface area contributed by atoms with E-state index in [-0.39, 0.29) is 12.0 Å². The van der Waals surface area contributed by atoms with Crippen molar-refractivity contribution in [2.45, 2.75) is 24.8 Å². The summed E-state index contributed by atoms with van der Waals surface area (Å²) in [5.74, 6) is 0. The fourth-order valence-electron chi connectivity index (χ4n) is 2.18. The van der Waals surface area contributed by atoms with Crippen LogP contribution in [0, 0.1) is 0 Å². The van der Waals surface area contributed by atoms with E-state index < -0.39 is 0 Å². The van der Waals surface area contributed by atoms with Gasteiger partial charge < -0.3 is 5.11 Å². The number of rotatable bonds is 4. The van der Waals surface area contributed by atoms with Crippen LogP contribution in [-0.2, 0) is 12.0 Å². The summed E-state index contributed by atoms with van der Waals surface area (Å²) in [6.45, 7) is 1.03. The Bertz CT molecular complexity index is 500. The van der Waals surface area contributed by atoms with Gasteiger partial charge in [-0.3, -0.25) is 4.68 Å². The Morgan fingerprint density at radius 2 is 2.00 bits per heavy atom. The van der Waals surface area contributed by atoms with Gasteiger partial charge in [-0.15, -0.1) is 0 Å². The summed E-state index contributed by atoms with van der Waals surface area (Å²) in [5, 5.41) is 13.7. The monoisotopic (exact) mass is 228 g/mol. The molecule has 0 amide bonds. The normalized spacial score (nSPS) is 17.0. The van der Waals surface area contributed by atoms with Gasteiger partial charge in [-0.25, -0.2) is 0 Å². The molecule has 1 fully saturated rings. The van der Waals surface area contributed by atoms with Gasteiger partial charge in [-0.2, -0.15) is 5.10 Å². The Morgan fingerprint density at radius 3 is 2.65 bits per heavy atom. The summed E-state index contributed by atoms with van der Waals surface area (Å²) in [6, 6.07) is 10.3. The SMILES string of the molecule is OCC1(c2cnn(Cc3ccccc3)c2)CC1. The lowest BCUT2D eigenvalue weighted by atomic mass is 10.0. The highest BCUT2D eigenvalue weighted by Gasteiger charge is 2.44. The van der Waals surface area contributed by atoms with Gasteiger partial charge in [0.25, 0.3) is 0 Å². The summed E-state index contributed by atoms with van der Waals surface area (Å²) in [4.78, 5) is 0. The Labute approximate surface area is 101 Å². The minimum Gasteiger partial charge on any atom is -0.395 e. The molecule has 0 aliphatic heterocycles. The topological polar surface area (TPSA) is 38.1 Å². The second-order valence-corrected chi connectivity index (χ2v) is 4.85. The first-order chi connectivity index (χ1) is 8.32. The van der Waals surface area contributed by atoms with E-state index in [9.17, 15) is 5.11 Å². The zero-order chi connectivity index (χ0) is 11.7. The van der Waals surface area contributed by atoms with Crippen LogP contribution in [0.3, 0.4) is 0 Å². The maximum atomic E-state index is 9.37. The lowest BCUT2D eigenvalue weighted by molar-refractivity contribution is 0.255. The molecule has 0 radical (unpaired) electrons. The Morgan fingerprint density at radius 1 is 1.24 bits per heavy atom. The number of aliphatic hydroxyl groups is 1. The second kappa shape index (κ2) is 4.00. The first-order valence-corrected chi connectivity index (χ1v) is 6.00. The van der Waals surface area contributed by atoms with Crippen molar-refractivity contribution < 1.29 is 5.11 Å². The van der Waals surface area contributed by atoms with Gasteiger partial charge in [-0.1, -0.05) is 30.3 Å². The van der Waals surface area contributed by atoms with E-state index in [1.165, 1.54) is 11.1 Å². The first kappa shape index (κ1) is 10.5. The van der Waals surface area contributed by atoms with Crippen LogP contribution in [0.25, 0.3) is 0 Å². The van der Waals surface area contributed by atoms with E-state index in [0.29, 0.717) is 0 Å². The maximum Gasteiger partial charge on any atom is 0.0659 e. The summed E-state index contributed by atoms with van der Waals surface area (Å²) in [6.07, 6.45) is 6.13. The first-order valence-electron chi connectivity index (χ1n) is 6.00. The van der Waals surface area contributed by atoms with Crippen molar-refractivity contribution in [3.05, 3.63) is 53.9 Å². The smallest absolute Gasteiger partial charge is 0.0659 e. The molecule has 1 aliphatic carbocycles. The number of hydrogen-bond donors (Lipinski definition) is 1. The minimum atomic E-state index is 0.0228. The minimum absolute atomic E-state index is 0.0228. The molecule has 17 heavy (non-hydrogen) atoms. The zero-order valence-corrected chi connectivity index (χ0v) is 9.71. The number of aliphatic hydroxyl groups excluding tert-OH is 1. The molecule has 1 aromatic carbocycles. The van der Waals surface area contributed by atoms with Gasteiger partial charge in [-0.05, 0) is 24.0 Å². The highest BCUT2D eigenvalue weighted by atomic mass is 16.3. The third-order valence-electron chi connectivity index (χ3n) is 3.59. The van der Waals surface area contributed by atoms with Crippen LogP contribution < -0.4 is 0 Å². The fourth-order valence-corrected chi connectivity index (χ4v) is 2.18. The summed E-state index contributed by atoms with van der Waals surface area (Å²) >= 11 is 0. The molecule has 1 aliphatic rings. The van der Waals surface area contributed by atoms with Gasteiger partial charge in [0.05, 0.1) is 19.3 Å². The van der Waals surface area contributed by atoms with E-state index in [4.69, 9.17) is 0 Å². The van der Waals surface area contributed by atoms with Crippen molar-refractivity contribution in [3.8, 4) is 0 Å². The van der Waals surface area contributed by atoms with Gasteiger partial charge in [0.1, 0.15) is 0 Å². The van der Waals surface area contributed by atoms with E-state index >= 15 is 0 Å².